The van der Waals surface area contributed by atoms with Crippen LogP contribution in [0.5, 0.6) is 5.88 Å². The lowest BCUT2D eigenvalue weighted by molar-refractivity contribution is -0.140. The van der Waals surface area contributed by atoms with Crippen LogP contribution in [0.1, 0.15) is 35.7 Å². The molecule has 1 aliphatic rings. The first-order valence-electron chi connectivity index (χ1n) is 12.5. The molecule has 5 aromatic rings. The van der Waals surface area contributed by atoms with Crippen LogP contribution in [-0.4, -0.2) is 53.2 Å². The van der Waals surface area contributed by atoms with Gasteiger partial charge in [0.25, 0.3) is 0 Å². The average Bonchev–Trinajstić information content (AvgIpc) is 3.59. The lowest BCUT2D eigenvalue weighted by Gasteiger charge is -2.14. The Kier molecular flexibility index (Phi) is 6.62. The van der Waals surface area contributed by atoms with Gasteiger partial charge in [-0.1, -0.05) is 24.3 Å². The van der Waals surface area contributed by atoms with Gasteiger partial charge in [-0.15, -0.1) is 0 Å². The van der Waals surface area contributed by atoms with Crippen molar-refractivity contribution in [3.05, 3.63) is 66.1 Å². The Morgan fingerprint density at radius 2 is 1.70 bits per heavy atom. The van der Waals surface area contributed by atoms with Gasteiger partial charge in [0.05, 0.1) is 23.8 Å². The summed E-state index contributed by atoms with van der Waals surface area (Å²) in [5.41, 5.74) is -5.20. The van der Waals surface area contributed by atoms with Crippen LogP contribution in [0.2, 0.25) is 0 Å². The highest BCUT2D eigenvalue weighted by molar-refractivity contribution is 7.88. The molecule has 43 heavy (non-hydrogen) atoms. The number of aryl methyl sites for hydroxylation is 1. The molecule has 6 rings (SSSR count). The second-order valence-electron chi connectivity index (χ2n) is 9.73. The molecular weight excluding hydrogens is 606 g/mol. The van der Waals surface area contributed by atoms with E-state index in [1.165, 1.54) is 28.7 Å². The third-order valence-electron chi connectivity index (χ3n) is 6.59. The molecule has 1 aliphatic carbocycles. The van der Waals surface area contributed by atoms with Crippen molar-refractivity contribution in [3.63, 3.8) is 0 Å². The van der Waals surface area contributed by atoms with E-state index in [1.54, 1.807) is 24.3 Å². The minimum absolute atomic E-state index is 0.128. The third-order valence-corrected chi connectivity index (χ3v) is 7.53. The molecule has 0 saturated heterocycles. The van der Waals surface area contributed by atoms with E-state index in [-0.39, 0.29) is 41.0 Å². The fourth-order valence-electron chi connectivity index (χ4n) is 4.38. The molecule has 0 N–H and O–H groups in total. The maximum Gasteiger partial charge on any atom is 0.534 e. The highest BCUT2D eigenvalue weighted by Crippen LogP contribution is 2.45. The number of rotatable bonds is 7. The lowest BCUT2D eigenvalue weighted by Crippen LogP contribution is -2.28. The van der Waals surface area contributed by atoms with Gasteiger partial charge in [-0.05, 0) is 18.4 Å². The van der Waals surface area contributed by atoms with Crippen LogP contribution >= 0.6 is 0 Å². The van der Waals surface area contributed by atoms with Crippen molar-refractivity contribution in [2.45, 2.75) is 37.0 Å². The summed E-state index contributed by atoms with van der Waals surface area (Å²) in [6.07, 6.45) is 1.41. The lowest BCUT2D eigenvalue weighted by atomic mass is 10.1. The molecule has 1 aromatic carbocycles. The predicted octanol–water partition coefficient (Wildman–Crippen LogP) is 4.86. The Balaban J connectivity index is 1.34. The first-order valence-corrected chi connectivity index (χ1v) is 13.9. The standard InChI is InChI=1S/C25H18F6N8O3S/c1-38-11-17(24(26,27)28)36-21(38)15-4-2-13(3-5-15)10-39-22-16(9-35-39)8-32-20(37-22)18-19(14-6-7-14)33-12-34-23(18)42-43(40,41)25(29,30)31/h2-5,8-9,11-12,14H,6-7,10H2,1H3. The number of hydrogen-bond donors (Lipinski definition) is 0. The molecule has 0 aliphatic heterocycles. The van der Waals surface area contributed by atoms with E-state index < -0.39 is 33.4 Å². The zero-order chi connectivity index (χ0) is 30.7. The van der Waals surface area contributed by atoms with Gasteiger partial charge >= 0.3 is 21.8 Å². The molecule has 4 aromatic heterocycles. The Bertz CT molecular complexity index is 1950. The zero-order valence-electron chi connectivity index (χ0n) is 21.8. The van der Waals surface area contributed by atoms with E-state index in [1.807, 2.05) is 0 Å². The van der Waals surface area contributed by atoms with Crippen molar-refractivity contribution in [1.82, 2.24) is 39.3 Å². The number of imidazole rings is 1. The summed E-state index contributed by atoms with van der Waals surface area (Å²) in [5.74, 6) is -1.04. The SMILES string of the molecule is Cn1cc(C(F)(F)F)nc1-c1ccc(Cn2ncc3cnc(-c4c(OS(=O)(=O)C(F)(F)F)ncnc4C4CC4)nc32)cc1. The van der Waals surface area contributed by atoms with Crippen LogP contribution in [0.15, 0.2) is 49.2 Å². The number of halogens is 6. The molecule has 0 atom stereocenters. The number of fused-ring (bicyclic) bond motifs is 1. The molecule has 0 radical (unpaired) electrons. The van der Waals surface area contributed by atoms with Crippen molar-refractivity contribution >= 4 is 21.2 Å². The number of hydrogen-bond acceptors (Lipinski definition) is 9. The Hall–Kier alpha value is -4.61. The topological polar surface area (TPSA) is 131 Å². The van der Waals surface area contributed by atoms with Gasteiger partial charge in [-0.3, -0.25) is 0 Å². The summed E-state index contributed by atoms with van der Waals surface area (Å²) < 4.78 is 109. The second-order valence-corrected chi connectivity index (χ2v) is 11.3. The molecule has 0 unspecified atom stereocenters. The van der Waals surface area contributed by atoms with Crippen LogP contribution in [0.25, 0.3) is 33.8 Å². The number of aromatic nitrogens is 8. The third kappa shape index (κ3) is 5.49. The Morgan fingerprint density at radius 3 is 2.33 bits per heavy atom. The van der Waals surface area contributed by atoms with Crippen molar-refractivity contribution in [3.8, 4) is 28.7 Å². The van der Waals surface area contributed by atoms with Gasteiger partial charge in [0, 0.05) is 30.9 Å². The Labute approximate surface area is 238 Å². The predicted molar refractivity (Wildman–Crippen MR) is 137 cm³/mol. The van der Waals surface area contributed by atoms with Crippen LogP contribution in [0, 0.1) is 0 Å². The van der Waals surface area contributed by atoms with Gasteiger partial charge < -0.3 is 8.75 Å². The maximum absolute atomic E-state index is 13.1. The van der Waals surface area contributed by atoms with Gasteiger partial charge in [0.15, 0.2) is 17.2 Å². The number of alkyl halides is 6. The molecular formula is C25H18F6N8O3S. The van der Waals surface area contributed by atoms with Crippen LogP contribution in [0.3, 0.4) is 0 Å². The van der Waals surface area contributed by atoms with E-state index in [9.17, 15) is 34.8 Å². The van der Waals surface area contributed by atoms with Crippen molar-refractivity contribution in [2.75, 3.05) is 0 Å². The highest BCUT2D eigenvalue weighted by atomic mass is 32.2. The molecule has 224 valence electrons. The first kappa shape index (κ1) is 28.5. The molecule has 4 heterocycles. The fourth-order valence-corrected chi connectivity index (χ4v) is 4.81. The quantitative estimate of drug-likeness (QED) is 0.142. The smallest absolute Gasteiger partial charge is 0.354 e. The van der Waals surface area contributed by atoms with Gasteiger partial charge in [-0.2, -0.15) is 39.9 Å². The Morgan fingerprint density at radius 1 is 0.977 bits per heavy atom. The molecule has 0 bridgehead atoms. The van der Waals surface area contributed by atoms with Crippen molar-refractivity contribution in [1.29, 1.82) is 0 Å². The summed E-state index contributed by atoms with van der Waals surface area (Å²) in [6.45, 7) is 0.154. The summed E-state index contributed by atoms with van der Waals surface area (Å²) in [4.78, 5) is 20.1. The second kappa shape index (κ2) is 9.99. The van der Waals surface area contributed by atoms with E-state index in [4.69, 9.17) is 0 Å². The average molecular weight is 625 g/mol. The zero-order valence-corrected chi connectivity index (χ0v) is 22.6. The van der Waals surface area contributed by atoms with E-state index >= 15 is 0 Å². The number of nitrogens with zero attached hydrogens (tertiary/aromatic N) is 8. The van der Waals surface area contributed by atoms with Crippen molar-refractivity contribution in [2.24, 2.45) is 7.05 Å². The minimum atomic E-state index is -6.04. The summed E-state index contributed by atoms with van der Waals surface area (Å²) in [6, 6.07) is 6.57. The van der Waals surface area contributed by atoms with Crippen molar-refractivity contribution < 1.29 is 38.9 Å². The first-order chi connectivity index (χ1) is 20.2. The maximum atomic E-state index is 13.1. The minimum Gasteiger partial charge on any atom is -0.354 e. The normalized spacial score (nSPS) is 14.4. The summed E-state index contributed by atoms with van der Waals surface area (Å²) in [7, 11) is -4.58. The molecule has 0 spiro atoms. The van der Waals surface area contributed by atoms with E-state index in [0.717, 1.165) is 12.5 Å². The molecule has 1 saturated carbocycles. The van der Waals surface area contributed by atoms with E-state index in [2.05, 4.69) is 34.2 Å². The molecule has 18 heteroatoms. The monoisotopic (exact) mass is 624 g/mol. The molecule has 0 amide bonds. The van der Waals surface area contributed by atoms with Gasteiger partial charge in [-0.25, -0.2) is 29.6 Å². The van der Waals surface area contributed by atoms with Crippen LogP contribution in [0.4, 0.5) is 26.3 Å². The van der Waals surface area contributed by atoms with Gasteiger partial charge in [0.1, 0.15) is 17.7 Å². The number of benzene rings is 1. The van der Waals surface area contributed by atoms with Gasteiger partial charge in [0.2, 0.25) is 5.88 Å². The molecule has 1 fully saturated rings. The fraction of sp³-hybridized carbons (Fsp3) is 0.280. The van der Waals surface area contributed by atoms with Crippen LogP contribution < -0.4 is 4.18 Å². The molecule has 11 nitrogen and oxygen atoms in total. The highest BCUT2D eigenvalue weighted by Gasteiger charge is 2.49. The summed E-state index contributed by atoms with van der Waals surface area (Å²) >= 11 is 0. The largest absolute Gasteiger partial charge is 0.534 e. The van der Waals surface area contributed by atoms with E-state index in [0.29, 0.717) is 29.4 Å². The summed E-state index contributed by atoms with van der Waals surface area (Å²) in [5, 5.41) is 4.78. The van der Waals surface area contributed by atoms with Crippen LogP contribution in [-0.2, 0) is 29.9 Å².